The highest BCUT2D eigenvalue weighted by Gasteiger charge is 2.08. The minimum Gasteiger partial charge on any atom is -0.481 e. The zero-order chi connectivity index (χ0) is 11.3. The van der Waals surface area contributed by atoms with E-state index in [-0.39, 0.29) is 12.5 Å². The molecule has 0 heterocycles. The molecule has 0 aliphatic heterocycles. The molecule has 0 amide bonds. The van der Waals surface area contributed by atoms with Gasteiger partial charge < -0.3 is 16.6 Å². The van der Waals surface area contributed by atoms with Gasteiger partial charge in [0.15, 0.2) is 0 Å². The van der Waals surface area contributed by atoms with Crippen LogP contribution in [0.1, 0.15) is 17.5 Å². The Kier molecular flexibility index (Phi) is 4.27. The van der Waals surface area contributed by atoms with Gasteiger partial charge >= 0.3 is 5.97 Å². The monoisotopic (exact) mass is 208 g/mol. The maximum Gasteiger partial charge on any atom is 0.304 e. The second-order valence-electron chi connectivity index (χ2n) is 3.59. The van der Waals surface area contributed by atoms with Gasteiger partial charge in [0, 0.05) is 12.6 Å². The number of carbonyl (C=O) groups is 1. The normalized spacial score (nSPS) is 12.4. The number of hydrogen-bond donors (Lipinski definition) is 3. The Bertz CT molecular complexity index is 339. The molecule has 0 aliphatic carbocycles. The standard InChI is InChI=1S/C11H16N2O2/c12-7-9-3-1-2-8(4-9)5-10(13)6-11(14)15/h1-4,10H,5-7,12-13H2,(H,14,15)/t10-/m1/s1. The lowest BCUT2D eigenvalue weighted by Crippen LogP contribution is -2.26. The minimum absolute atomic E-state index is 0.00709. The van der Waals surface area contributed by atoms with Crippen molar-refractivity contribution < 1.29 is 9.90 Å². The Hall–Kier alpha value is -1.39. The Labute approximate surface area is 88.9 Å². The van der Waals surface area contributed by atoms with Crippen molar-refractivity contribution in [2.75, 3.05) is 0 Å². The van der Waals surface area contributed by atoms with Crippen molar-refractivity contribution in [2.24, 2.45) is 11.5 Å². The van der Waals surface area contributed by atoms with Gasteiger partial charge in [-0.1, -0.05) is 24.3 Å². The predicted octanol–water partition coefficient (Wildman–Crippen LogP) is 0.490. The molecule has 1 atom stereocenters. The van der Waals surface area contributed by atoms with Crippen LogP contribution in [0.3, 0.4) is 0 Å². The molecule has 1 aromatic rings. The molecular weight excluding hydrogens is 192 g/mol. The summed E-state index contributed by atoms with van der Waals surface area (Å²) in [5, 5.41) is 8.56. The molecule has 0 aromatic heterocycles. The van der Waals surface area contributed by atoms with Gasteiger partial charge in [-0.05, 0) is 17.5 Å². The highest BCUT2D eigenvalue weighted by atomic mass is 16.4. The van der Waals surface area contributed by atoms with Gasteiger partial charge in [0.25, 0.3) is 0 Å². The minimum atomic E-state index is -0.863. The Morgan fingerprint density at radius 2 is 2.07 bits per heavy atom. The third-order valence-electron chi connectivity index (χ3n) is 2.16. The lowest BCUT2D eigenvalue weighted by Gasteiger charge is -2.09. The molecule has 5 N–H and O–H groups in total. The largest absolute Gasteiger partial charge is 0.481 e. The van der Waals surface area contributed by atoms with Crippen LogP contribution in [0, 0.1) is 0 Å². The average molecular weight is 208 g/mol. The maximum absolute atomic E-state index is 10.4. The number of benzene rings is 1. The van der Waals surface area contributed by atoms with Crippen LogP contribution in [0.15, 0.2) is 24.3 Å². The molecule has 82 valence electrons. The van der Waals surface area contributed by atoms with Crippen molar-refractivity contribution in [1.29, 1.82) is 0 Å². The van der Waals surface area contributed by atoms with E-state index in [2.05, 4.69) is 0 Å². The molecule has 0 radical (unpaired) electrons. The van der Waals surface area contributed by atoms with Crippen LogP contribution >= 0.6 is 0 Å². The van der Waals surface area contributed by atoms with E-state index in [1.807, 2.05) is 24.3 Å². The summed E-state index contributed by atoms with van der Waals surface area (Å²) in [6, 6.07) is 7.40. The summed E-state index contributed by atoms with van der Waals surface area (Å²) in [6.07, 6.45) is 0.562. The van der Waals surface area contributed by atoms with Gasteiger partial charge in [-0.2, -0.15) is 0 Å². The molecular formula is C11H16N2O2. The summed E-state index contributed by atoms with van der Waals surface area (Å²) in [5.74, 6) is -0.863. The van der Waals surface area contributed by atoms with Crippen LogP contribution in [-0.4, -0.2) is 17.1 Å². The van der Waals surface area contributed by atoms with Crippen molar-refractivity contribution in [3.8, 4) is 0 Å². The van der Waals surface area contributed by atoms with Gasteiger partial charge in [-0.15, -0.1) is 0 Å². The van der Waals surface area contributed by atoms with Crippen LogP contribution in [0.25, 0.3) is 0 Å². The van der Waals surface area contributed by atoms with Crippen LogP contribution in [0.2, 0.25) is 0 Å². The van der Waals surface area contributed by atoms with Crippen molar-refractivity contribution >= 4 is 5.97 Å². The van der Waals surface area contributed by atoms with E-state index in [1.165, 1.54) is 0 Å². The molecule has 0 bridgehead atoms. The molecule has 0 saturated heterocycles. The summed E-state index contributed by atoms with van der Waals surface area (Å²) in [4.78, 5) is 10.4. The van der Waals surface area contributed by atoms with Crippen LogP contribution in [0.5, 0.6) is 0 Å². The van der Waals surface area contributed by atoms with Crippen molar-refractivity contribution in [3.05, 3.63) is 35.4 Å². The first kappa shape index (κ1) is 11.7. The first-order chi connectivity index (χ1) is 7.11. The summed E-state index contributed by atoms with van der Waals surface area (Å²) in [6.45, 7) is 0.488. The first-order valence-corrected chi connectivity index (χ1v) is 4.87. The van der Waals surface area contributed by atoms with E-state index >= 15 is 0 Å². The summed E-state index contributed by atoms with van der Waals surface area (Å²) < 4.78 is 0. The molecule has 0 unspecified atom stereocenters. The molecule has 4 nitrogen and oxygen atoms in total. The number of carboxylic acids is 1. The van der Waals surface area contributed by atoms with E-state index in [0.717, 1.165) is 11.1 Å². The number of rotatable bonds is 5. The van der Waals surface area contributed by atoms with E-state index in [1.54, 1.807) is 0 Å². The Morgan fingerprint density at radius 1 is 1.40 bits per heavy atom. The average Bonchev–Trinajstić information content (AvgIpc) is 2.16. The quantitative estimate of drug-likeness (QED) is 0.657. The molecule has 0 aliphatic rings. The van der Waals surface area contributed by atoms with Crippen molar-refractivity contribution in [2.45, 2.75) is 25.4 Å². The topological polar surface area (TPSA) is 89.3 Å². The molecule has 0 spiro atoms. The molecule has 0 fully saturated rings. The van der Waals surface area contributed by atoms with E-state index in [4.69, 9.17) is 16.6 Å². The smallest absolute Gasteiger partial charge is 0.304 e. The lowest BCUT2D eigenvalue weighted by atomic mass is 10.0. The second kappa shape index (κ2) is 5.48. The zero-order valence-corrected chi connectivity index (χ0v) is 8.52. The highest BCUT2D eigenvalue weighted by Crippen LogP contribution is 2.08. The molecule has 15 heavy (non-hydrogen) atoms. The third kappa shape index (κ3) is 4.10. The number of aliphatic carboxylic acids is 1. The second-order valence-corrected chi connectivity index (χ2v) is 3.59. The van der Waals surface area contributed by atoms with Crippen molar-refractivity contribution in [1.82, 2.24) is 0 Å². The number of nitrogens with two attached hydrogens (primary N) is 2. The van der Waals surface area contributed by atoms with Gasteiger partial charge in [0.1, 0.15) is 0 Å². The van der Waals surface area contributed by atoms with Gasteiger partial charge in [0.2, 0.25) is 0 Å². The number of hydrogen-bond acceptors (Lipinski definition) is 3. The predicted molar refractivity (Wildman–Crippen MR) is 58.3 cm³/mol. The van der Waals surface area contributed by atoms with Crippen LogP contribution in [0.4, 0.5) is 0 Å². The van der Waals surface area contributed by atoms with E-state index in [9.17, 15) is 4.79 Å². The van der Waals surface area contributed by atoms with Crippen molar-refractivity contribution in [3.63, 3.8) is 0 Å². The zero-order valence-electron chi connectivity index (χ0n) is 8.52. The number of carboxylic acid groups (broad SMARTS) is 1. The maximum atomic E-state index is 10.4. The Balaban J connectivity index is 2.59. The molecule has 4 heteroatoms. The van der Waals surface area contributed by atoms with E-state index in [0.29, 0.717) is 13.0 Å². The van der Waals surface area contributed by atoms with Gasteiger partial charge in [0.05, 0.1) is 6.42 Å². The molecule has 1 rings (SSSR count). The van der Waals surface area contributed by atoms with Crippen LogP contribution < -0.4 is 11.5 Å². The Morgan fingerprint density at radius 3 is 2.67 bits per heavy atom. The fourth-order valence-corrected chi connectivity index (χ4v) is 1.48. The van der Waals surface area contributed by atoms with Gasteiger partial charge in [-0.25, -0.2) is 0 Å². The van der Waals surface area contributed by atoms with Gasteiger partial charge in [-0.3, -0.25) is 4.79 Å². The summed E-state index contributed by atoms with van der Waals surface area (Å²) in [5.41, 5.74) is 13.3. The fourth-order valence-electron chi connectivity index (χ4n) is 1.48. The molecule has 1 aromatic carbocycles. The SMILES string of the molecule is NCc1cccc(C[C@@H](N)CC(=O)O)c1. The summed E-state index contributed by atoms with van der Waals surface area (Å²) in [7, 11) is 0. The highest BCUT2D eigenvalue weighted by molar-refractivity contribution is 5.67. The summed E-state index contributed by atoms with van der Waals surface area (Å²) >= 11 is 0. The third-order valence-corrected chi connectivity index (χ3v) is 2.16. The van der Waals surface area contributed by atoms with Crippen LogP contribution in [-0.2, 0) is 17.8 Å². The lowest BCUT2D eigenvalue weighted by molar-refractivity contribution is -0.137. The first-order valence-electron chi connectivity index (χ1n) is 4.87. The fraction of sp³-hybridized carbons (Fsp3) is 0.364. The molecule has 0 saturated carbocycles. The van der Waals surface area contributed by atoms with E-state index < -0.39 is 5.97 Å².